The van der Waals surface area contributed by atoms with Crippen LogP contribution in [0.3, 0.4) is 0 Å². The predicted octanol–water partition coefficient (Wildman–Crippen LogP) is -0.210. The Morgan fingerprint density at radius 3 is 2.77 bits per heavy atom. The number of carboxylic acids is 1. The van der Waals surface area contributed by atoms with Crippen LogP contribution in [-0.4, -0.2) is 29.7 Å². The number of carbonyl (C=O) groups is 1. The first-order valence-corrected chi connectivity index (χ1v) is 4.27. The highest BCUT2D eigenvalue weighted by molar-refractivity contribution is 5.73. The van der Waals surface area contributed by atoms with E-state index in [1.54, 1.807) is 0 Å². The summed E-state index contributed by atoms with van der Waals surface area (Å²) in [6, 6.07) is -0.692. The summed E-state index contributed by atoms with van der Waals surface area (Å²) in [5.41, 5.74) is 5.30. The molecular formula is C9H16N2O2. The highest BCUT2D eigenvalue weighted by Crippen LogP contribution is 1.95. The maximum atomic E-state index is 10.4. The Hall–Kier alpha value is -1.05. The van der Waals surface area contributed by atoms with Crippen molar-refractivity contribution in [2.24, 2.45) is 5.73 Å². The normalized spacial score (nSPS) is 14.5. The first-order valence-electron chi connectivity index (χ1n) is 4.27. The molecule has 0 saturated carbocycles. The molecule has 0 amide bonds. The lowest BCUT2D eigenvalue weighted by Gasteiger charge is -2.15. The molecule has 0 aromatic rings. The topological polar surface area (TPSA) is 75.3 Å². The van der Waals surface area contributed by atoms with Crippen LogP contribution in [0, 0.1) is 12.3 Å². The van der Waals surface area contributed by atoms with E-state index in [2.05, 4.69) is 11.2 Å². The van der Waals surface area contributed by atoms with Gasteiger partial charge in [0.25, 0.3) is 0 Å². The Bertz CT molecular complexity index is 198. The van der Waals surface area contributed by atoms with Crippen LogP contribution in [0.15, 0.2) is 0 Å². The lowest BCUT2D eigenvalue weighted by atomic mass is 10.1. The van der Waals surface area contributed by atoms with E-state index in [0.29, 0.717) is 6.42 Å². The third kappa shape index (κ3) is 5.23. The van der Waals surface area contributed by atoms with E-state index < -0.39 is 12.0 Å². The maximum absolute atomic E-state index is 10.4. The number of rotatable bonds is 6. The van der Waals surface area contributed by atoms with Crippen LogP contribution in [0.1, 0.15) is 19.8 Å². The van der Waals surface area contributed by atoms with Crippen LogP contribution in [0.4, 0.5) is 0 Å². The van der Waals surface area contributed by atoms with Gasteiger partial charge in [-0.25, -0.2) is 0 Å². The van der Waals surface area contributed by atoms with Crippen LogP contribution >= 0.6 is 0 Å². The quantitative estimate of drug-likeness (QED) is 0.499. The number of hydrogen-bond donors (Lipinski definition) is 3. The van der Waals surface area contributed by atoms with Crippen molar-refractivity contribution in [1.82, 2.24) is 5.32 Å². The highest BCUT2D eigenvalue weighted by atomic mass is 16.4. The molecule has 0 aromatic heterocycles. The van der Waals surface area contributed by atoms with Gasteiger partial charge >= 0.3 is 5.97 Å². The second-order valence-corrected chi connectivity index (χ2v) is 2.87. The molecule has 4 nitrogen and oxygen atoms in total. The van der Waals surface area contributed by atoms with Gasteiger partial charge in [0, 0.05) is 19.0 Å². The molecule has 0 aromatic carbocycles. The number of terminal acetylenes is 1. The lowest BCUT2D eigenvalue weighted by Crippen LogP contribution is -2.43. The van der Waals surface area contributed by atoms with Crippen molar-refractivity contribution < 1.29 is 9.90 Å². The Kier molecular flexibility index (Phi) is 5.94. The third-order valence-electron chi connectivity index (χ3n) is 1.80. The van der Waals surface area contributed by atoms with Crippen LogP contribution < -0.4 is 11.1 Å². The molecule has 0 heterocycles. The van der Waals surface area contributed by atoms with Crippen LogP contribution in [0.2, 0.25) is 0 Å². The molecule has 0 spiro atoms. The fraction of sp³-hybridized carbons (Fsp3) is 0.667. The zero-order valence-electron chi connectivity index (χ0n) is 7.79. The minimum Gasteiger partial charge on any atom is -0.480 e. The van der Waals surface area contributed by atoms with Gasteiger partial charge < -0.3 is 16.2 Å². The van der Waals surface area contributed by atoms with Gasteiger partial charge in [-0.3, -0.25) is 4.79 Å². The van der Waals surface area contributed by atoms with Gasteiger partial charge in [-0.1, -0.05) is 6.92 Å². The standard InChI is InChI=1S/C9H16N2O2/c1-3-5-7(4-2)11-6-8(10)9(12)13/h1,7-8,11H,4-6,10H2,2H3,(H,12,13). The minimum absolute atomic E-state index is 0.162. The molecule has 2 atom stereocenters. The summed E-state index contributed by atoms with van der Waals surface area (Å²) in [4.78, 5) is 10.4. The second-order valence-electron chi connectivity index (χ2n) is 2.87. The van der Waals surface area contributed by atoms with Crippen molar-refractivity contribution >= 4 is 5.97 Å². The largest absolute Gasteiger partial charge is 0.480 e. The molecule has 0 aliphatic carbocycles. The fourth-order valence-corrected chi connectivity index (χ4v) is 0.884. The average Bonchev–Trinajstić information content (AvgIpc) is 2.11. The van der Waals surface area contributed by atoms with E-state index in [4.69, 9.17) is 17.3 Å². The summed E-state index contributed by atoms with van der Waals surface area (Å²) in [7, 11) is 0. The van der Waals surface area contributed by atoms with E-state index in [1.165, 1.54) is 0 Å². The first kappa shape index (κ1) is 11.9. The molecule has 2 unspecified atom stereocenters. The highest BCUT2D eigenvalue weighted by Gasteiger charge is 2.12. The monoisotopic (exact) mass is 184 g/mol. The number of aliphatic carboxylic acids is 1. The number of nitrogens with one attached hydrogen (secondary N) is 1. The summed E-state index contributed by atoms with van der Waals surface area (Å²) >= 11 is 0. The van der Waals surface area contributed by atoms with Crippen LogP contribution in [0.25, 0.3) is 0 Å². The Morgan fingerprint density at radius 2 is 2.38 bits per heavy atom. The Labute approximate surface area is 78.5 Å². The van der Waals surface area contributed by atoms with Crippen molar-refractivity contribution in [3.63, 3.8) is 0 Å². The molecule has 0 aliphatic heterocycles. The summed E-state index contributed by atoms with van der Waals surface area (Å²) in [6.45, 7) is 2.25. The molecule has 74 valence electrons. The van der Waals surface area contributed by atoms with Crippen molar-refractivity contribution in [2.75, 3.05) is 6.54 Å². The third-order valence-corrected chi connectivity index (χ3v) is 1.80. The second kappa shape index (κ2) is 6.46. The van der Waals surface area contributed by atoms with Crippen molar-refractivity contribution in [3.05, 3.63) is 0 Å². The Morgan fingerprint density at radius 1 is 1.77 bits per heavy atom. The zero-order chi connectivity index (χ0) is 10.3. The Balaban J connectivity index is 3.72. The van der Waals surface area contributed by atoms with Gasteiger partial charge in [0.15, 0.2) is 0 Å². The average molecular weight is 184 g/mol. The van der Waals surface area contributed by atoms with Crippen LogP contribution in [0.5, 0.6) is 0 Å². The summed E-state index contributed by atoms with van der Waals surface area (Å²) in [6.07, 6.45) is 6.61. The van der Waals surface area contributed by atoms with Crippen molar-refractivity contribution in [2.45, 2.75) is 31.8 Å². The van der Waals surface area contributed by atoms with E-state index in [-0.39, 0.29) is 12.6 Å². The molecule has 4 N–H and O–H groups in total. The van der Waals surface area contributed by atoms with Crippen LogP contribution in [-0.2, 0) is 4.79 Å². The SMILES string of the molecule is C#CCC(CC)NCC(N)C(=O)O. The molecule has 0 rings (SSSR count). The minimum atomic E-state index is -0.997. The van der Waals surface area contributed by atoms with Gasteiger partial charge in [-0.15, -0.1) is 12.3 Å². The summed E-state index contributed by atoms with van der Waals surface area (Å²) in [5.74, 6) is 1.52. The molecule has 0 fully saturated rings. The molecular weight excluding hydrogens is 168 g/mol. The molecule has 13 heavy (non-hydrogen) atoms. The summed E-state index contributed by atoms with van der Waals surface area (Å²) in [5, 5.41) is 11.5. The van der Waals surface area contributed by atoms with E-state index >= 15 is 0 Å². The van der Waals surface area contributed by atoms with E-state index in [9.17, 15) is 4.79 Å². The number of nitrogens with two attached hydrogens (primary N) is 1. The van der Waals surface area contributed by atoms with Gasteiger partial charge in [0.2, 0.25) is 0 Å². The molecule has 0 saturated heterocycles. The van der Waals surface area contributed by atoms with Gasteiger partial charge in [0.1, 0.15) is 6.04 Å². The van der Waals surface area contributed by atoms with E-state index in [1.807, 2.05) is 6.92 Å². The predicted molar refractivity (Wildman–Crippen MR) is 51.1 cm³/mol. The fourth-order valence-electron chi connectivity index (χ4n) is 0.884. The first-order chi connectivity index (χ1) is 6.11. The van der Waals surface area contributed by atoms with Gasteiger partial charge in [-0.2, -0.15) is 0 Å². The summed E-state index contributed by atoms with van der Waals surface area (Å²) < 4.78 is 0. The number of hydrogen-bond acceptors (Lipinski definition) is 3. The van der Waals surface area contributed by atoms with Gasteiger partial charge in [0.05, 0.1) is 0 Å². The molecule has 0 radical (unpaired) electrons. The van der Waals surface area contributed by atoms with Crippen molar-refractivity contribution in [3.8, 4) is 12.3 Å². The van der Waals surface area contributed by atoms with Crippen molar-refractivity contribution in [1.29, 1.82) is 0 Å². The molecule has 0 bridgehead atoms. The zero-order valence-corrected chi connectivity index (χ0v) is 7.79. The molecule has 4 heteroatoms. The van der Waals surface area contributed by atoms with Gasteiger partial charge in [-0.05, 0) is 6.42 Å². The molecule has 0 aliphatic rings. The number of carboxylic acid groups (broad SMARTS) is 1. The van der Waals surface area contributed by atoms with E-state index in [0.717, 1.165) is 6.42 Å². The lowest BCUT2D eigenvalue weighted by molar-refractivity contribution is -0.138. The maximum Gasteiger partial charge on any atom is 0.321 e. The smallest absolute Gasteiger partial charge is 0.321 e.